The molecule has 3 rings (SSSR count). The number of nitrogens with zero attached hydrogens (tertiary/aromatic N) is 3. The van der Waals surface area contributed by atoms with E-state index in [0.717, 1.165) is 17.1 Å². The van der Waals surface area contributed by atoms with Gasteiger partial charge in [0, 0.05) is 11.3 Å². The van der Waals surface area contributed by atoms with Crippen molar-refractivity contribution in [3.05, 3.63) is 62.8 Å². The third kappa shape index (κ3) is 4.87. The van der Waals surface area contributed by atoms with Crippen LogP contribution in [0.3, 0.4) is 0 Å². The van der Waals surface area contributed by atoms with Gasteiger partial charge < -0.3 is 4.74 Å². The molecule has 0 fully saturated rings. The Hall–Kier alpha value is -2.25. The maximum atomic E-state index is 5.76. The lowest BCUT2D eigenvalue weighted by atomic mass is 10.2. The first-order valence-corrected chi connectivity index (χ1v) is 9.36. The number of thiophene rings is 1. The Morgan fingerprint density at radius 1 is 1.36 bits per heavy atom. The van der Waals surface area contributed by atoms with Gasteiger partial charge in [-0.05, 0) is 47.3 Å². The van der Waals surface area contributed by atoms with Crippen LogP contribution >= 0.6 is 23.6 Å². The molecule has 0 amide bonds. The highest BCUT2D eigenvalue weighted by atomic mass is 32.1. The molecule has 0 aliphatic heterocycles. The van der Waals surface area contributed by atoms with Crippen molar-refractivity contribution >= 4 is 29.8 Å². The number of H-pyrrole nitrogens is 1. The van der Waals surface area contributed by atoms with Crippen LogP contribution in [0, 0.1) is 10.7 Å². The van der Waals surface area contributed by atoms with Crippen LogP contribution in [0.5, 0.6) is 5.75 Å². The van der Waals surface area contributed by atoms with E-state index in [2.05, 4.69) is 35.2 Å². The molecule has 0 bridgehead atoms. The fourth-order valence-electron chi connectivity index (χ4n) is 2.20. The first-order valence-electron chi connectivity index (χ1n) is 8.07. The smallest absolute Gasteiger partial charge is 0.216 e. The Bertz CT molecular complexity index is 894. The van der Waals surface area contributed by atoms with E-state index in [1.165, 1.54) is 4.88 Å². The minimum atomic E-state index is 0.481. The molecule has 1 N–H and O–H groups in total. The van der Waals surface area contributed by atoms with Crippen LogP contribution < -0.4 is 4.74 Å². The average molecular weight is 373 g/mol. The molecule has 1 aromatic carbocycles. The summed E-state index contributed by atoms with van der Waals surface area (Å²) in [5, 5.41) is 13.6. The fourth-order valence-corrected chi connectivity index (χ4v) is 3.10. The summed E-state index contributed by atoms with van der Waals surface area (Å²) in [6, 6.07) is 12.0. The first-order chi connectivity index (χ1) is 12.1. The number of ether oxygens (including phenoxy) is 1. The summed E-state index contributed by atoms with van der Waals surface area (Å²) in [6.07, 6.45) is 2.46. The molecule has 0 radical (unpaired) electrons. The van der Waals surface area contributed by atoms with Crippen LogP contribution in [-0.4, -0.2) is 27.7 Å². The van der Waals surface area contributed by atoms with Crippen molar-refractivity contribution in [3.8, 4) is 5.75 Å². The highest BCUT2D eigenvalue weighted by molar-refractivity contribution is 7.71. The highest BCUT2D eigenvalue weighted by Crippen LogP contribution is 2.15. The molecule has 25 heavy (non-hydrogen) atoms. The van der Waals surface area contributed by atoms with Crippen molar-refractivity contribution in [1.29, 1.82) is 0 Å². The average Bonchev–Trinajstić information content (AvgIpc) is 3.22. The van der Waals surface area contributed by atoms with Crippen LogP contribution in [0.25, 0.3) is 0 Å². The van der Waals surface area contributed by atoms with E-state index >= 15 is 0 Å². The monoisotopic (exact) mass is 372 g/mol. The van der Waals surface area contributed by atoms with E-state index in [4.69, 9.17) is 17.0 Å². The lowest BCUT2D eigenvalue weighted by Crippen LogP contribution is -2.04. The van der Waals surface area contributed by atoms with E-state index in [0.29, 0.717) is 23.7 Å². The van der Waals surface area contributed by atoms with Crippen LogP contribution in [0.1, 0.15) is 30.1 Å². The number of rotatable bonds is 7. The summed E-state index contributed by atoms with van der Waals surface area (Å²) in [4.78, 5) is 1.22. The summed E-state index contributed by atoms with van der Waals surface area (Å²) in [5.74, 6) is 2.12. The zero-order valence-electron chi connectivity index (χ0n) is 14.2. The van der Waals surface area contributed by atoms with Crippen molar-refractivity contribution in [2.24, 2.45) is 11.0 Å². The predicted molar refractivity (Wildman–Crippen MR) is 104 cm³/mol. The molecule has 0 saturated carbocycles. The number of benzene rings is 1. The Labute approximate surface area is 156 Å². The summed E-state index contributed by atoms with van der Waals surface area (Å²) in [7, 11) is 0. The Morgan fingerprint density at radius 2 is 2.24 bits per heavy atom. The second-order valence-corrected chi connectivity index (χ2v) is 7.45. The van der Waals surface area contributed by atoms with E-state index in [1.54, 1.807) is 22.2 Å². The van der Waals surface area contributed by atoms with Crippen molar-refractivity contribution < 1.29 is 4.74 Å². The molecule has 130 valence electrons. The highest BCUT2D eigenvalue weighted by Gasteiger charge is 2.07. The second-order valence-electron chi connectivity index (χ2n) is 6.03. The van der Waals surface area contributed by atoms with Crippen molar-refractivity contribution in [2.45, 2.75) is 20.3 Å². The molecule has 5 nitrogen and oxygen atoms in total. The normalized spacial score (nSPS) is 11.5. The molecule has 0 unspecified atom stereocenters. The molecule has 7 heteroatoms. The molecule has 0 aliphatic carbocycles. The van der Waals surface area contributed by atoms with Gasteiger partial charge >= 0.3 is 0 Å². The Morgan fingerprint density at radius 3 is 3.00 bits per heavy atom. The SMILES string of the molecule is CC(C)COc1cccc(/C=N\n2c(Cc3cccs3)n[nH]c2=S)c1. The first kappa shape index (κ1) is 17.6. The molecule has 2 heterocycles. The van der Waals surface area contributed by atoms with Crippen LogP contribution in [0.4, 0.5) is 0 Å². The largest absolute Gasteiger partial charge is 0.493 e. The van der Waals surface area contributed by atoms with Crippen LogP contribution in [-0.2, 0) is 6.42 Å². The maximum absolute atomic E-state index is 5.76. The maximum Gasteiger partial charge on any atom is 0.216 e. The van der Waals surface area contributed by atoms with Gasteiger partial charge in [-0.2, -0.15) is 14.9 Å². The number of aromatic amines is 1. The summed E-state index contributed by atoms with van der Waals surface area (Å²) < 4.78 is 7.90. The van der Waals surface area contributed by atoms with Crippen molar-refractivity contribution in [2.75, 3.05) is 6.61 Å². The molecular weight excluding hydrogens is 352 g/mol. The van der Waals surface area contributed by atoms with Gasteiger partial charge in [0.1, 0.15) is 5.75 Å². The minimum absolute atomic E-state index is 0.481. The zero-order valence-corrected chi connectivity index (χ0v) is 15.8. The van der Waals surface area contributed by atoms with Gasteiger partial charge in [0.25, 0.3) is 0 Å². The number of hydrogen-bond donors (Lipinski definition) is 1. The summed E-state index contributed by atoms with van der Waals surface area (Å²) >= 11 is 6.98. The molecule has 2 aromatic heterocycles. The van der Waals surface area contributed by atoms with Gasteiger partial charge in [-0.25, -0.2) is 0 Å². The van der Waals surface area contributed by atoms with E-state index in [9.17, 15) is 0 Å². The van der Waals surface area contributed by atoms with Gasteiger partial charge in [-0.3, -0.25) is 5.10 Å². The minimum Gasteiger partial charge on any atom is -0.493 e. The van der Waals surface area contributed by atoms with Crippen molar-refractivity contribution in [3.63, 3.8) is 0 Å². The zero-order chi connectivity index (χ0) is 17.6. The van der Waals surface area contributed by atoms with Gasteiger partial charge in [0.2, 0.25) is 4.77 Å². The van der Waals surface area contributed by atoms with Gasteiger partial charge in [-0.15, -0.1) is 11.3 Å². The Kier molecular flexibility index (Phi) is 5.78. The lowest BCUT2D eigenvalue weighted by molar-refractivity contribution is 0.271. The molecule has 3 aromatic rings. The summed E-state index contributed by atoms with van der Waals surface area (Å²) in [6.45, 7) is 4.94. The number of hydrogen-bond acceptors (Lipinski definition) is 5. The number of aromatic nitrogens is 3. The molecule has 0 spiro atoms. The Balaban J connectivity index is 1.77. The quantitative estimate of drug-likeness (QED) is 0.490. The second kappa shape index (κ2) is 8.22. The fraction of sp³-hybridized carbons (Fsp3) is 0.278. The van der Waals surface area contributed by atoms with Crippen LogP contribution in [0.2, 0.25) is 0 Å². The lowest BCUT2D eigenvalue weighted by Gasteiger charge is -2.08. The summed E-state index contributed by atoms with van der Waals surface area (Å²) in [5.41, 5.74) is 0.950. The number of nitrogens with one attached hydrogen (secondary N) is 1. The standard InChI is InChI=1S/C18H20N4OS2/c1-13(2)12-23-15-6-3-5-14(9-15)11-19-22-17(20-21-18(22)24)10-16-7-4-8-25-16/h3-9,11,13H,10,12H2,1-2H3,(H,21,24)/b19-11-. The molecular formula is C18H20N4OS2. The molecule has 0 aliphatic rings. The topological polar surface area (TPSA) is 55.2 Å². The van der Waals surface area contributed by atoms with Gasteiger partial charge in [-0.1, -0.05) is 32.0 Å². The van der Waals surface area contributed by atoms with Gasteiger partial charge in [0.05, 0.1) is 12.8 Å². The third-order valence-electron chi connectivity index (χ3n) is 3.39. The van der Waals surface area contributed by atoms with E-state index in [-0.39, 0.29) is 0 Å². The predicted octanol–water partition coefficient (Wildman–Crippen LogP) is 4.51. The van der Waals surface area contributed by atoms with Gasteiger partial charge in [0.15, 0.2) is 5.82 Å². The van der Waals surface area contributed by atoms with E-state index in [1.807, 2.05) is 35.7 Å². The van der Waals surface area contributed by atoms with Crippen molar-refractivity contribution in [1.82, 2.24) is 14.9 Å². The van der Waals surface area contributed by atoms with E-state index < -0.39 is 0 Å². The molecule has 0 atom stereocenters. The third-order valence-corrected chi connectivity index (χ3v) is 4.53. The molecule has 0 saturated heterocycles. The van der Waals surface area contributed by atoms with Crippen LogP contribution in [0.15, 0.2) is 46.9 Å².